The first kappa shape index (κ1) is 21.7. The Morgan fingerprint density at radius 2 is 1.65 bits per heavy atom. The Hall–Kier alpha value is -2.52. The highest BCUT2D eigenvalue weighted by atomic mass is 16.1. The molecule has 0 atom stereocenters. The van der Waals surface area contributed by atoms with Gasteiger partial charge in [-0.3, -0.25) is 4.98 Å². The summed E-state index contributed by atoms with van der Waals surface area (Å²) in [5, 5.41) is 0. The van der Waals surface area contributed by atoms with Crippen LogP contribution in [-0.4, -0.2) is 35.8 Å². The van der Waals surface area contributed by atoms with Gasteiger partial charge >= 0.3 is 0 Å². The van der Waals surface area contributed by atoms with E-state index in [4.69, 9.17) is 4.98 Å². The van der Waals surface area contributed by atoms with Crippen molar-refractivity contribution in [3.8, 4) is 0 Å². The predicted octanol–water partition coefficient (Wildman–Crippen LogP) is 6.10. The molecule has 0 amide bonds. The summed E-state index contributed by atoms with van der Waals surface area (Å²) in [5.74, 6) is 0. The number of fused-ring (bicyclic) bond motifs is 2. The van der Waals surface area contributed by atoms with Gasteiger partial charge in [0.1, 0.15) is 6.29 Å². The average molecular weight is 415 g/mol. The van der Waals surface area contributed by atoms with Crippen molar-refractivity contribution in [1.82, 2.24) is 9.88 Å². The minimum atomic E-state index is -0.265. The predicted molar refractivity (Wildman–Crippen MR) is 130 cm³/mol. The molecule has 1 aliphatic carbocycles. The van der Waals surface area contributed by atoms with E-state index in [2.05, 4.69) is 61.2 Å². The summed E-state index contributed by atoms with van der Waals surface area (Å²) < 4.78 is 0. The quantitative estimate of drug-likeness (QED) is 0.473. The summed E-state index contributed by atoms with van der Waals surface area (Å²) in [6.45, 7) is 11.8. The molecule has 1 aromatic heterocycles. The monoisotopic (exact) mass is 414 g/mol. The molecule has 2 heterocycles. The normalized spacial score (nSPS) is 17.2. The van der Waals surface area contributed by atoms with Crippen LogP contribution >= 0.6 is 0 Å². The van der Waals surface area contributed by atoms with Crippen LogP contribution in [0.2, 0.25) is 0 Å². The number of rotatable bonds is 5. The van der Waals surface area contributed by atoms with Crippen molar-refractivity contribution < 1.29 is 4.79 Å². The Labute approximate surface area is 186 Å². The van der Waals surface area contributed by atoms with Gasteiger partial charge in [-0.25, -0.2) is 0 Å². The van der Waals surface area contributed by atoms with E-state index in [0.29, 0.717) is 0 Å². The molecule has 2 aliphatic rings. The summed E-state index contributed by atoms with van der Waals surface area (Å²) in [7, 11) is 0. The number of pyridine rings is 1. The Morgan fingerprint density at radius 3 is 2.39 bits per heavy atom. The van der Waals surface area contributed by atoms with Crippen LogP contribution in [0.4, 0.5) is 0 Å². The highest BCUT2D eigenvalue weighted by Gasteiger charge is 2.31. The van der Waals surface area contributed by atoms with E-state index in [1.54, 1.807) is 0 Å². The Morgan fingerprint density at radius 1 is 0.968 bits per heavy atom. The van der Waals surface area contributed by atoms with E-state index in [0.717, 1.165) is 50.9 Å². The van der Waals surface area contributed by atoms with E-state index in [9.17, 15) is 4.79 Å². The maximum atomic E-state index is 11.4. The number of nitrogens with zero attached hydrogens (tertiary/aromatic N) is 2. The number of aldehydes is 1. The van der Waals surface area contributed by atoms with Gasteiger partial charge in [-0.15, -0.1) is 0 Å². The molecule has 0 radical (unpaired) electrons. The minimum absolute atomic E-state index is 0.113. The first-order valence-electron chi connectivity index (χ1n) is 11.4. The fourth-order valence-corrected chi connectivity index (χ4v) is 5.46. The molecule has 1 fully saturated rings. The summed E-state index contributed by atoms with van der Waals surface area (Å²) in [6.07, 6.45) is 10.5. The van der Waals surface area contributed by atoms with Crippen molar-refractivity contribution in [1.29, 1.82) is 0 Å². The first-order chi connectivity index (χ1) is 14.8. The van der Waals surface area contributed by atoms with Gasteiger partial charge in [0.15, 0.2) is 0 Å². The highest BCUT2D eigenvalue weighted by molar-refractivity contribution is 5.93. The standard InChI is InChI=1S/C28H34N2O/c1-27(2,18-28(3,4)20-31)19-30-16-13-22(14-17-30)25-24-10-6-5-8-21(24)11-12-23-9-7-15-29-26(23)25/h5-12,15,20H,13-14,16-19H2,1-4H3. The highest BCUT2D eigenvalue weighted by Crippen LogP contribution is 2.39. The zero-order valence-corrected chi connectivity index (χ0v) is 19.3. The molecule has 0 unspecified atom stereocenters. The molecule has 0 bridgehead atoms. The van der Waals surface area contributed by atoms with Crippen LogP contribution in [0, 0.1) is 10.8 Å². The van der Waals surface area contributed by atoms with Gasteiger partial charge in [0.2, 0.25) is 0 Å². The smallest absolute Gasteiger partial charge is 0.125 e. The van der Waals surface area contributed by atoms with Crippen molar-refractivity contribution >= 4 is 24.0 Å². The lowest BCUT2D eigenvalue weighted by Crippen LogP contribution is -2.40. The molecule has 0 spiro atoms. The molecule has 2 aromatic rings. The Kier molecular flexibility index (Phi) is 5.98. The summed E-state index contributed by atoms with van der Waals surface area (Å²) in [5.41, 5.74) is 7.56. The largest absolute Gasteiger partial charge is 0.303 e. The Bertz CT molecular complexity index is 967. The summed E-state index contributed by atoms with van der Waals surface area (Å²) in [6, 6.07) is 12.9. The van der Waals surface area contributed by atoms with E-state index in [1.807, 2.05) is 26.1 Å². The van der Waals surface area contributed by atoms with Crippen molar-refractivity contribution in [2.75, 3.05) is 19.6 Å². The minimum Gasteiger partial charge on any atom is -0.303 e. The summed E-state index contributed by atoms with van der Waals surface area (Å²) in [4.78, 5) is 18.8. The molecule has 3 heteroatoms. The number of aromatic nitrogens is 1. The number of hydrogen-bond donors (Lipinski definition) is 0. The molecule has 1 saturated heterocycles. The first-order valence-corrected chi connectivity index (χ1v) is 11.4. The van der Waals surface area contributed by atoms with Crippen molar-refractivity contribution in [2.45, 2.75) is 47.0 Å². The fourth-order valence-electron chi connectivity index (χ4n) is 5.46. The SMILES string of the molecule is CC(C)(C=O)CC(C)(C)CN1CCC(=C2c3ccccc3C=Cc3cccnc32)CC1. The van der Waals surface area contributed by atoms with Crippen LogP contribution in [0.1, 0.15) is 69.3 Å². The number of benzene rings is 1. The lowest BCUT2D eigenvalue weighted by Gasteiger charge is -2.38. The molecule has 1 aromatic carbocycles. The van der Waals surface area contributed by atoms with Gasteiger partial charge < -0.3 is 9.69 Å². The second-order valence-corrected chi connectivity index (χ2v) is 10.6. The van der Waals surface area contributed by atoms with Crippen LogP contribution in [0.15, 0.2) is 48.2 Å². The topological polar surface area (TPSA) is 33.2 Å². The van der Waals surface area contributed by atoms with Gasteiger partial charge in [-0.2, -0.15) is 0 Å². The number of carbonyl (C=O) groups is 1. The van der Waals surface area contributed by atoms with Gasteiger partial charge in [0.05, 0.1) is 5.69 Å². The van der Waals surface area contributed by atoms with Crippen LogP contribution in [0.5, 0.6) is 0 Å². The second-order valence-electron chi connectivity index (χ2n) is 10.6. The van der Waals surface area contributed by atoms with Crippen molar-refractivity contribution in [3.05, 3.63) is 70.6 Å². The van der Waals surface area contributed by atoms with Gasteiger partial charge in [0, 0.05) is 42.4 Å². The second kappa shape index (κ2) is 8.55. The number of likely N-dealkylation sites (tertiary alicyclic amines) is 1. The zero-order chi connectivity index (χ0) is 22.1. The van der Waals surface area contributed by atoms with Crippen LogP contribution in [0.25, 0.3) is 17.7 Å². The molecular formula is C28H34N2O. The van der Waals surface area contributed by atoms with Gasteiger partial charge in [-0.1, -0.05) is 75.8 Å². The third-order valence-corrected chi connectivity index (χ3v) is 6.47. The van der Waals surface area contributed by atoms with Gasteiger partial charge in [0.25, 0.3) is 0 Å². The molecule has 31 heavy (non-hydrogen) atoms. The zero-order valence-electron chi connectivity index (χ0n) is 19.3. The van der Waals surface area contributed by atoms with Crippen molar-refractivity contribution in [3.63, 3.8) is 0 Å². The lowest BCUT2D eigenvalue weighted by atomic mass is 9.75. The van der Waals surface area contributed by atoms with Gasteiger partial charge in [-0.05, 0) is 41.9 Å². The van der Waals surface area contributed by atoms with Crippen LogP contribution in [-0.2, 0) is 4.79 Å². The van der Waals surface area contributed by atoms with Crippen LogP contribution in [0.3, 0.4) is 0 Å². The maximum absolute atomic E-state index is 11.4. The molecular weight excluding hydrogens is 380 g/mol. The third kappa shape index (κ3) is 4.88. The van der Waals surface area contributed by atoms with E-state index >= 15 is 0 Å². The van der Waals surface area contributed by atoms with E-state index in [-0.39, 0.29) is 10.8 Å². The van der Waals surface area contributed by atoms with E-state index in [1.165, 1.54) is 27.8 Å². The molecule has 1 aliphatic heterocycles. The number of carbonyl (C=O) groups excluding carboxylic acids is 1. The maximum Gasteiger partial charge on any atom is 0.125 e. The van der Waals surface area contributed by atoms with E-state index < -0.39 is 0 Å². The van der Waals surface area contributed by atoms with Crippen molar-refractivity contribution in [2.24, 2.45) is 10.8 Å². The molecule has 0 N–H and O–H groups in total. The molecule has 4 rings (SSSR count). The number of piperidine rings is 1. The molecule has 0 saturated carbocycles. The lowest BCUT2D eigenvalue weighted by molar-refractivity contribution is -0.116. The molecule has 3 nitrogen and oxygen atoms in total. The fraction of sp³-hybridized carbons (Fsp3) is 0.429. The summed E-state index contributed by atoms with van der Waals surface area (Å²) >= 11 is 0. The average Bonchev–Trinajstić information content (AvgIpc) is 2.90. The number of hydrogen-bond acceptors (Lipinski definition) is 3. The van der Waals surface area contributed by atoms with Crippen LogP contribution < -0.4 is 0 Å². The third-order valence-electron chi connectivity index (χ3n) is 6.47. The Balaban J connectivity index is 1.59. The molecule has 162 valence electrons.